The van der Waals surface area contributed by atoms with Gasteiger partial charge in [0.15, 0.2) is 11.5 Å². The van der Waals surface area contributed by atoms with Crippen molar-refractivity contribution in [2.45, 2.75) is 18.6 Å². The summed E-state index contributed by atoms with van der Waals surface area (Å²) in [4.78, 5) is 0. The van der Waals surface area contributed by atoms with Crippen LogP contribution in [0.4, 0.5) is 0 Å². The molecule has 3 N–H and O–H groups in total. The number of nitrogens with two attached hydrogens (primary N) is 1. The highest BCUT2D eigenvalue weighted by Crippen LogP contribution is 2.39. The van der Waals surface area contributed by atoms with E-state index in [4.69, 9.17) is 15.2 Å². The van der Waals surface area contributed by atoms with E-state index in [-0.39, 0.29) is 19.2 Å². The Morgan fingerprint density at radius 3 is 2.45 bits per heavy atom. The highest BCUT2D eigenvalue weighted by Gasteiger charge is 2.23. The molecule has 0 unspecified atom stereocenters. The van der Waals surface area contributed by atoms with Gasteiger partial charge in [-0.2, -0.15) is 0 Å². The molecule has 22 heavy (non-hydrogen) atoms. The van der Waals surface area contributed by atoms with E-state index in [9.17, 15) is 5.11 Å². The normalized spacial score (nSPS) is 15.0. The maximum atomic E-state index is 10.4. The Morgan fingerprint density at radius 2 is 1.77 bits per heavy atom. The predicted octanol–water partition coefficient (Wildman–Crippen LogP) is 3.20. The molecule has 4 nitrogen and oxygen atoms in total. The van der Waals surface area contributed by atoms with E-state index in [1.165, 1.54) is 0 Å². The molecule has 0 radical (unpaired) electrons. The third-order valence-electron chi connectivity index (χ3n) is 3.55. The highest BCUT2D eigenvalue weighted by molar-refractivity contribution is 9.10. The van der Waals surface area contributed by atoms with Crippen molar-refractivity contribution in [3.05, 3.63) is 58.1 Å². The summed E-state index contributed by atoms with van der Waals surface area (Å²) < 4.78 is 11.5. The predicted molar refractivity (Wildman–Crippen MR) is 90.6 cm³/mol. The van der Waals surface area contributed by atoms with Crippen molar-refractivity contribution in [1.29, 1.82) is 0 Å². The van der Waals surface area contributed by atoms with Crippen molar-refractivity contribution < 1.29 is 14.6 Å². The molecule has 1 aliphatic rings. The van der Waals surface area contributed by atoms with Crippen LogP contribution in [0.3, 0.4) is 0 Å². The number of ether oxygens (including phenoxy) is 2. The fourth-order valence-electron chi connectivity index (χ4n) is 2.38. The average Bonchev–Trinajstić information content (AvgIpc) is 2.93. The van der Waals surface area contributed by atoms with Crippen LogP contribution in [0.25, 0.3) is 0 Å². The number of rotatable bonds is 4. The topological polar surface area (TPSA) is 64.7 Å². The lowest BCUT2D eigenvalue weighted by molar-refractivity contribution is 0.144. The van der Waals surface area contributed by atoms with Crippen molar-refractivity contribution in [3.63, 3.8) is 0 Å². The van der Waals surface area contributed by atoms with Gasteiger partial charge in [-0.1, -0.05) is 46.3 Å². The molecule has 2 aromatic rings. The Balaban J connectivity index is 0.00000176. The van der Waals surface area contributed by atoms with E-state index in [1.54, 1.807) is 0 Å². The number of benzene rings is 2. The molecule has 3 rings (SSSR count). The molecular weight excluding hydrogens is 370 g/mol. The standard InChI is InChI=1S/C16H16BrNO3.ClH/c17-12-8-15-14(20-9-21-15)7-11(12)16(18)13(19)6-10-4-2-1-3-5-10;/h1-5,7-8,13,16,19H,6,9,18H2;1H/t13-,16+;/m1./s1. The van der Waals surface area contributed by atoms with Crippen LogP contribution < -0.4 is 15.2 Å². The number of hydrogen-bond donors (Lipinski definition) is 2. The minimum atomic E-state index is -0.677. The number of aliphatic hydroxyl groups excluding tert-OH is 1. The van der Waals surface area contributed by atoms with E-state index in [0.717, 1.165) is 15.6 Å². The average molecular weight is 387 g/mol. The van der Waals surface area contributed by atoms with E-state index in [2.05, 4.69) is 15.9 Å². The SMILES string of the molecule is Cl.N[C@@H](c1cc2c(cc1Br)OCO2)[C@H](O)Cc1ccccc1. The Kier molecular flexibility index (Phi) is 5.69. The van der Waals surface area contributed by atoms with Crippen molar-refractivity contribution in [3.8, 4) is 11.5 Å². The Labute approximate surface area is 143 Å². The molecule has 6 heteroatoms. The van der Waals surface area contributed by atoms with Gasteiger partial charge in [0, 0.05) is 10.9 Å². The largest absolute Gasteiger partial charge is 0.454 e. The van der Waals surface area contributed by atoms with Gasteiger partial charge in [0.1, 0.15) is 0 Å². The van der Waals surface area contributed by atoms with E-state index in [1.807, 2.05) is 42.5 Å². The zero-order chi connectivity index (χ0) is 14.8. The third-order valence-corrected chi connectivity index (χ3v) is 4.24. The summed E-state index contributed by atoms with van der Waals surface area (Å²) in [7, 11) is 0. The van der Waals surface area contributed by atoms with E-state index in [0.29, 0.717) is 17.9 Å². The van der Waals surface area contributed by atoms with Crippen molar-refractivity contribution in [1.82, 2.24) is 0 Å². The summed E-state index contributed by atoms with van der Waals surface area (Å²) in [5, 5.41) is 10.4. The molecule has 0 fully saturated rings. The van der Waals surface area contributed by atoms with Crippen LogP contribution in [0.1, 0.15) is 17.2 Å². The molecule has 0 spiro atoms. The fourth-order valence-corrected chi connectivity index (χ4v) is 2.96. The first-order valence-corrected chi connectivity index (χ1v) is 7.51. The first-order chi connectivity index (χ1) is 10.1. The van der Waals surface area contributed by atoms with Crippen molar-refractivity contribution in [2.24, 2.45) is 5.73 Å². The quantitative estimate of drug-likeness (QED) is 0.847. The van der Waals surface area contributed by atoms with Gasteiger partial charge in [0.25, 0.3) is 0 Å². The Hall–Kier alpha value is -1.27. The Bertz CT molecular complexity index is 639. The maximum Gasteiger partial charge on any atom is 0.231 e. The smallest absolute Gasteiger partial charge is 0.231 e. The summed E-state index contributed by atoms with van der Waals surface area (Å²) in [5.41, 5.74) is 8.07. The number of halogens is 2. The van der Waals surface area contributed by atoms with Gasteiger partial charge >= 0.3 is 0 Å². The first kappa shape index (κ1) is 17.1. The van der Waals surface area contributed by atoms with Gasteiger partial charge in [0.05, 0.1) is 12.1 Å². The minimum Gasteiger partial charge on any atom is -0.454 e. The minimum absolute atomic E-state index is 0. The zero-order valence-corrected chi connectivity index (χ0v) is 14.1. The van der Waals surface area contributed by atoms with Gasteiger partial charge in [-0.05, 0) is 23.3 Å². The second-order valence-corrected chi connectivity index (χ2v) is 5.86. The molecule has 0 aliphatic carbocycles. The van der Waals surface area contributed by atoms with Crippen LogP contribution in [0, 0.1) is 0 Å². The number of aliphatic hydroxyl groups is 1. The molecule has 1 aliphatic heterocycles. The van der Waals surface area contributed by atoms with E-state index >= 15 is 0 Å². The number of fused-ring (bicyclic) bond motifs is 1. The van der Waals surface area contributed by atoms with Crippen molar-refractivity contribution in [2.75, 3.05) is 6.79 Å². The summed E-state index contributed by atoms with van der Waals surface area (Å²) in [6, 6.07) is 12.9. The van der Waals surface area contributed by atoms with Gasteiger partial charge in [0.2, 0.25) is 6.79 Å². The second kappa shape index (κ2) is 7.33. The van der Waals surface area contributed by atoms with Gasteiger partial charge in [-0.25, -0.2) is 0 Å². The van der Waals surface area contributed by atoms with E-state index < -0.39 is 12.1 Å². The molecule has 2 aromatic carbocycles. The maximum absolute atomic E-state index is 10.4. The van der Waals surface area contributed by atoms with Crippen LogP contribution in [0.2, 0.25) is 0 Å². The lowest BCUT2D eigenvalue weighted by atomic mass is 9.96. The molecule has 0 amide bonds. The molecular formula is C16H17BrClNO3. The molecule has 0 saturated heterocycles. The summed E-state index contributed by atoms with van der Waals surface area (Å²) >= 11 is 3.48. The van der Waals surface area contributed by atoms with Crippen LogP contribution >= 0.6 is 28.3 Å². The molecule has 1 heterocycles. The zero-order valence-electron chi connectivity index (χ0n) is 11.7. The lowest BCUT2D eigenvalue weighted by Gasteiger charge is -2.21. The molecule has 0 bridgehead atoms. The fraction of sp³-hybridized carbons (Fsp3) is 0.250. The molecule has 118 valence electrons. The van der Waals surface area contributed by atoms with Gasteiger partial charge in [-0.3, -0.25) is 0 Å². The van der Waals surface area contributed by atoms with Gasteiger partial charge in [-0.15, -0.1) is 12.4 Å². The van der Waals surface area contributed by atoms with Crippen LogP contribution in [-0.4, -0.2) is 18.0 Å². The lowest BCUT2D eigenvalue weighted by Crippen LogP contribution is -2.28. The van der Waals surface area contributed by atoms with Crippen LogP contribution in [0.5, 0.6) is 11.5 Å². The molecule has 2 atom stereocenters. The Morgan fingerprint density at radius 1 is 1.14 bits per heavy atom. The first-order valence-electron chi connectivity index (χ1n) is 6.72. The third kappa shape index (κ3) is 3.55. The monoisotopic (exact) mass is 385 g/mol. The van der Waals surface area contributed by atoms with Crippen LogP contribution in [-0.2, 0) is 6.42 Å². The molecule has 0 aromatic heterocycles. The molecule has 0 saturated carbocycles. The van der Waals surface area contributed by atoms with Crippen molar-refractivity contribution >= 4 is 28.3 Å². The summed E-state index contributed by atoms with van der Waals surface area (Å²) in [6.07, 6.45) is -0.174. The summed E-state index contributed by atoms with van der Waals surface area (Å²) in [5.74, 6) is 1.35. The van der Waals surface area contributed by atoms with Gasteiger partial charge < -0.3 is 20.3 Å². The second-order valence-electron chi connectivity index (χ2n) is 5.01. The summed E-state index contributed by atoms with van der Waals surface area (Å²) in [6.45, 7) is 0.215. The number of hydrogen-bond acceptors (Lipinski definition) is 4. The highest BCUT2D eigenvalue weighted by atomic mass is 79.9. The van der Waals surface area contributed by atoms with Crippen LogP contribution in [0.15, 0.2) is 46.9 Å².